The van der Waals surface area contributed by atoms with Crippen molar-refractivity contribution in [3.8, 4) is 0 Å². The molecule has 1 aliphatic heterocycles. The van der Waals surface area contributed by atoms with E-state index in [0.29, 0.717) is 29.9 Å². The molecule has 0 saturated carbocycles. The third kappa shape index (κ3) is 4.46. The number of aromatic nitrogens is 1. The highest BCUT2D eigenvalue weighted by atomic mass is 32.2. The van der Waals surface area contributed by atoms with Gasteiger partial charge in [0.2, 0.25) is 15.3 Å². The molecule has 3 aromatic carbocycles. The van der Waals surface area contributed by atoms with Crippen LogP contribution in [0.1, 0.15) is 24.8 Å². The molecule has 0 unspecified atom stereocenters. The van der Waals surface area contributed by atoms with Crippen LogP contribution in [0.5, 0.6) is 0 Å². The predicted molar refractivity (Wildman–Crippen MR) is 132 cm³/mol. The molecule has 8 heteroatoms. The fourth-order valence-electron chi connectivity index (χ4n) is 4.63. The number of pyridine rings is 1. The summed E-state index contributed by atoms with van der Waals surface area (Å²) in [5.41, 5.74) is 0.599. The fourth-order valence-corrected chi connectivity index (χ4v) is 6.02. The maximum Gasteiger partial charge on any atom is 0.211 e. The van der Waals surface area contributed by atoms with Crippen LogP contribution >= 0.6 is 0 Å². The molecule has 2 heterocycles. The maximum atomic E-state index is 15.3. The van der Waals surface area contributed by atoms with Crippen LogP contribution in [-0.4, -0.2) is 26.1 Å². The van der Waals surface area contributed by atoms with Crippen molar-refractivity contribution in [1.29, 1.82) is 0 Å². The van der Waals surface area contributed by atoms with Gasteiger partial charge in [0, 0.05) is 25.8 Å². The lowest BCUT2D eigenvalue weighted by Crippen LogP contribution is -2.30. The van der Waals surface area contributed by atoms with Crippen LogP contribution in [0.15, 0.2) is 87.5 Å². The molecule has 0 amide bonds. The van der Waals surface area contributed by atoms with Crippen molar-refractivity contribution in [3.05, 3.63) is 100 Å². The molecule has 1 fully saturated rings. The van der Waals surface area contributed by atoms with Gasteiger partial charge in [-0.25, -0.2) is 17.2 Å². The van der Waals surface area contributed by atoms with Crippen LogP contribution in [0.3, 0.4) is 0 Å². The topological polar surface area (TPSA) is 59.4 Å². The Morgan fingerprint density at radius 1 is 0.857 bits per heavy atom. The van der Waals surface area contributed by atoms with E-state index in [2.05, 4.69) is 0 Å². The van der Waals surface area contributed by atoms with E-state index < -0.39 is 31.8 Å². The van der Waals surface area contributed by atoms with Crippen molar-refractivity contribution in [3.63, 3.8) is 0 Å². The lowest BCUT2D eigenvalue weighted by atomic mass is 10.1. The number of rotatable bonds is 5. The summed E-state index contributed by atoms with van der Waals surface area (Å²) in [5, 5.41) is -0.0309. The molecular weight excluding hydrogens is 470 g/mol. The number of sulfone groups is 1. The number of benzene rings is 3. The number of anilines is 1. The molecule has 5 rings (SSSR count). The van der Waals surface area contributed by atoms with Gasteiger partial charge < -0.3 is 9.47 Å². The van der Waals surface area contributed by atoms with Gasteiger partial charge in [-0.15, -0.1) is 0 Å². The lowest BCUT2D eigenvalue weighted by molar-refractivity contribution is 0.557. The second-order valence-corrected chi connectivity index (χ2v) is 10.7. The smallest absolute Gasteiger partial charge is 0.211 e. The minimum absolute atomic E-state index is 0.0286. The van der Waals surface area contributed by atoms with Gasteiger partial charge in [-0.05, 0) is 61.2 Å². The molecule has 0 aliphatic carbocycles. The molecule has 0 N–H and O–H groups in total. The van der Waals surface area contributed by atoms with Gasteiger partial charge in [0.1, 0.15) is 16.5 Å². The molecule has 5 nitrogen and oxygen atoms in total. The van der Waals surface area contributed by atoms with Crippen LogP contribution in [-0.2, 0) is 16.4 Å². The fraction of sp³-hybridized carbons (Fsp3) is 0.222. The summed E-state index contributed by atoms with van der Waals surface area (Å²) in [4.78, 5) is 14.9. The molecule has 0 atom stereocenters. The SMILES string of the molecule is O=c1c(S(=O)(=O)c2ccccc2)cn(Cc2cccc(F)c2)c2cc(N3CCCCC3)c(F)cc12. The average molecular weight is 495 g/mol. The Bertz CT molecular complexity index is 1560. The van der Waals surface area contributed by atoms with Crippen LogP contribution in [0.25, 0.3) is 10.9 Å². The molecule has 1 saturated heterocycles. The summed E-state index contributed by atoms with van der Waals surface area (Å²) in [6.07, 6.45) is 4.26. The van der Waals surface area contributed by atoms with E-state index in [1.807, 2.05) is 4.90 Å². The summed E-state index contributed by atoms with van der Waals surface area (Å²) >= 11 is 0. The lowest BCUT2D eigenvalue weighted by Gasteiger charge is -2.29. The molecule has 1 aromatic heterocycles. The molecule has 180 valence electrons. The average Bonchev–Trinajstić information content (AvgIpc) is 2.86. The van der Waals surface area contributed by atoms with Gasteiger partial charge in [-0.1, -0.05) is 30.3 Å². The zero-order chi connectivity index (χ0) is 24.6. The Labute approximate surface area is 202 Å². The van der Waals surface area contributed by atoms with Gasteiger partial charge >= 0.3 is 0 Å². The zero-order valence-corrected chi connectivity index (χ0v) is 19.8. The van der Waals surface area contributed by atoms with Crippen molar-refractivity contribution >= 4 is 26.4 Å². The monoisotopic (exact) mass is 494 g/mol. The number of halogens is 2. The Morgan fingerprint density at radius 2 is 1.60 bits per heavy atom. The number of hydrogen-bond donors (Lipinski definition) is 0. The molecule has 4 aromatic rings. The molecule has 35 heavy (non-hydrogen) atoms. The Balaban J connectivity index is 1.75. The summed E-state index contributed by atoms with van der Waals surface area (Å²) in [5.74, 6) is -0.993. The minimum atomic E-state index is -4.17. The minimum Gasteiger partial charge on any atom is -0.369 e. The van der Waals surface area contributed by atoms with E-state index in [0.717, 1.165) is 25.3 Å². The largest absolute Gasteiger partial charge is 0.369 e. The third-order valence-electron chi connectivity index (χ3n) is 6.40. The predicted octanol–water partition coefficient (Wildman–Crippen LogP) is 5.15. The van der Waals surface area contributed by atoms with Gasteiger partial charge in [-0.3, -0.25) is 4.79 Å². The molecular formula is C27H24F2N2O3S. The van der Waals surface area contributed by atoms with E-state index in [9.17, 15) is 17.6 Å². The normalized spacial score (nSPS) is 14.4. The first-order chi connectivity index (χ1) is 16.8. The van der Waals surface area contributed by atoms with Crippen molar-refractivity contribution in [2.75, 3.05) is 18.0 Å². The summed E-state index contributed by atoms with van der Waals surface area (Å²) in [6, 6.07) is 16.3. The van der Waals surface area contributed by atoms with Gasteiger partial charge in [0.05, 0.1) is 21.5 Å². The Hall–Kier alpha value is -3.52. The van der Waals surface area contributed by atoms with Crippen LogP contribution in [0.4, 0.5) is 14.5 Å². The van der Waals surface area contributed by atoms with Crippen molar-refractivity contribution < 1.29 is 17.2 Å². The maximum absolute atomic E-state index is 15.3. The van der Waals surface area contributed by atoms with E-state index in [1.54, 1.807) is 41.0 Å². The molecule has 1 aliphatic rings. The standard InChI is InChI=1S/C27H24F2N2O3S/c28-20-9-7-8-19(14-20)17-31-18-26(35(33,34)21-10-3-1-4-11-21)27(32)22-15-23(29)25(16-24(22)31)30-12-5-2-6-13-30/h1,3-4,7-11,14-16,18H,2,5-6,12-13,17H2. The summed E-state index contributed by atoms with van der Waals surface area (Å²) in [6.45, 7) is 1.52. The number of fused-ring (bicyclic) bond motifs is 1. The van der Waals surface area contributed by atoms with Crippen molar-refractivity contribution in [2.45, 2.75) is 35.6 Å². The molecule has 0 bridgehead atoms. The highest BCUT2D eigenvalue weighted by Crippen LogP contribution is 2.29. The Morgan fingerprint density at radius 3 is 2.31 bits per heavy atom. The second-order valence-electron chi connectivity index (χ2n) is 8.77. The Kier molecular flexibility index (Phi) is 6.15. The van der Waals surface area contributed by atoms with E-state index in [4.69, 9.17) is 0 Å². The van der Waals surface area contributed by atoms with E-state index in [1.165, 1.54) is 30.5 Å². The van der Waals surface area contributed by atoms with Gasteiger partial charge in [0.25, 0.3) is 0 Å². The quantitative estimate of drug-likeness (QED) is 0.385. The van der Waals surface area contributed by atoms with Crippen LogP contribution < -0.4 is 10.3 Å². The summed E-state index contributed by atoms with van der Waals surface area (Å²) < 4.78 is 57.5. The summed E-state index contributed by atoms with van der Waals surface area (Å²) in [7, 11) is -4.17. The van der Waals surface area contributed by atoms with Crippen LogP contribution in [0.2, 0.25) is 0 Å². The highest BCUT2D eigenvalue weighted by molar-refractivity contribution is 7.91. The van der Waals surface area contributed by atoms with E-state index in [-0.39, 0.29) is 16.8 Å². The number of hydrogen-bond acceptors (Lipinski definition) is 4. The van der Waals surface area contributed by atoms with E-state index >= 15 is 4.39 Å². The number of piperidine rings is 1. The first-order valence-electron chi connectivity index (χ1n) is 11.5. The van der Waals surface area contributed by atoms with Crippen molar-refractivity contribution in [2.24, 2.45) is 0 Å². The van der Waals surface area contributed by atoms with Gasteiger partial charge in [-0.2, -0.15) is 0 Å². The number of nitrogens with zero attached hydrogens (tertiary/aromatic N) is 2. The zero-order valence-electron chi connectivity index (χ0n) is 19.0. The van der Waals surface area contributed by atoms with Crippen LogP contribution in [0, 0.1) is 11.6 Å². The third-order valence-corrected chi connectivity index (χ3v) is 8.16. The first-order valence-corrected chi connectivity index (χ1v) is 13.0. The van der Waals surface area contributed by atoms with Crippen molar-refractivity contribution in [1.82, 2.24) is 4.57 Å². The molecule has 0 spiro atoms. The van der Waals surface area contributed by atoms with Gasteiger partial charge in [0.15, 0.2) is 0 Å². The second kappa shape index (κ2) is 9.26. The highest BCUT2D eigenvalue weighted by Gasteiger charge is 2.25. The first kappa shape index (κ1) is 23.2. The molecule has 0 radical (unpaired) electrons.